The number of piperidine rings is 1. The number of sulfonamides is 1. The Balaban J connectivity index is 1.66. The SMILES string of the molecule is Nc1nc(NC2CCN(S(=O)(=O)C=O)CC2)ncc1C(=O)c1ccc(F)cc1. The van der Waals surface area contributed by atoms with Crippen molar-refractivity contribution < 1.29 is 22.4 Å². The van der Waals surface area contributed by atoms with Gasteiger partial charge in [0.2, 0.25) is 11.6 Å². The first-order valence-electron chi connectivity index (χ1n) is 8.45. The maximum absolute atomic E-state index is 13.0. The zero-order chi connectivity index (χ0) is 20.3. The third-order valence-corrected chi connectivity index (χ3v) is 5.77. The van der Waals surface area contributed by atoms with E-state index >= 15 is 0 Å². The Morgan fingerprint density at radius 1 is 1.25 bits per heavy atom. The molecular weight excluding hydrogens is 389 g/mol. The fraction of sp³-hybridized carbons (Fsp3) is 0.294. The molecule has 148 valence electrons. The Morgan fingerprint density at radius 2 is 1.89 bits per heavy atom. The zero-order valence-corrected chi connectivity index (χ0v) is 15.5. The van der Waals surface area contributed by atoms with Crippen molar-refractivity contribution >= 4 is 33.2 Å². The maximum atomic E-state index is 13.0. The van der Waals surface area contributed by atoms with Gasteiger partial charge in [-0.25, -0.2) is 17.8 Å². The van der Waals surface area contributed by atoms with E-state index in [4.69, 9.17) is 5.73 Å². The predicted octanol–water partition coefficient (Wildman–Crippen LogP) is 0.825. The van der Waals surface area contributed by atoms with Gasteiger partial charge < -0.3 is 11.1 Å². The number of benzene rings is 1. The molecule has 0 radical (unpaired) electrons. The number of nitrogens with one attached hydrogen (secondary N) is 1. The van der Waals surface area contributed by atoms with Crippen LogP contribution < -0.4 is 11.1 Å². The predicted molar refractivity (Wildman–Crippen MR) is 100 cm³/mol. The van der Waals surface area contributed by atoms with Crippen LogP contribution in [0.1, 0.15) is 28.8 Å². The Bertz CT molecular complexity index is 989. The van der Waals surface area contributed by atoms with Gasteiger partial charge in [0.05, 0.1) is 5.56 Å². The molecule has 0 unspecified atom stereocenters. The van der Waals surface area contributed by atoms with E-state index in [1.165, 1.54) is 30.5 Å². The van der Waals surface area contributed by atoms with E-state index in [1.807, 2.05) is 0 Å². The van der Waals surface area contributed by atoms with Crippen molar-refractivity contribution in [3.8, 4) is 0 Å². The van der Waals surface area contributed by atoms with Gasteiger partial charge >= 0.3 is 0 Å². The minimum absolute atomic E-state index is 0.0206. The first-order chi connectivity index (χ1) is 13.3. The highest BCUT2D eigenvalue weighted by atomic mass is 32.2. The molecule has 1 aromatic carbocycles. The minimum atomic E-state index is -3.86. The number of carbonyl (C=O) groups is 2. The highest BCUT2D eigenvalue weighted by molar-refractivity contribution is 8.02. The smallest absolute Gasteiger partial charge is 0.273 e. The number of halogens is 1. The monoisotopic (exact) mass is 407 g/mol. The fourth-order valence-corrected chi connectivity index (χ4v) is 3.74. The van der Waals surface area contributed by atoms with Crippen LogP contribution in [0.4, 0.5) is 16.2 Å². The Kier molecular flexibility index (Phi) is 5.66. The largest absolute Gasteiger partial charge is 0.383 e. The Morgan fingerprint density at radius 3 is 2.46 bits per heavy atom. The molecule has 28 heavy (non-hydrogen) atoms. The van der Waals surface area contributed by atoms with E-state index in [-0.39, 0.29) is 47.6 Å². The van der Waals surface area contributed by atoms with Crippen LogP contribution in [0.25, 0.3) is 0 Å². The molecule has 2 heterocycles. The summed E-state index contributed by atoms with van der Waals surface area (Å²) < 4.78 is 37.2. The third-order valence-electron chi connectivity index (χ3n) is 4.44. The summed E-state index contributed by atoms with van der Waals surface area (Å²) in [6.07, 6.45) is 2.22. The van der Waals surface area contributed by atoms with Gasteiger partial charge in [-0.2, -0.15) is 9.29 Å². The standard InChI is InChI=1S/C17H18FN5O4S/c18-12-3-1-11(2-4-12)15(25)14-9-20-17(22-16(14)19)21-13-5-7-23(8-6-13)28(26,27)10-24/h1-4,9-10,13H,5-8H2,(H3,19,20,21,22). The third kappa shape index (κ3) is 4.31. The van der Waals surface area contributed by atoms with Gasteiger partial charge in [-0.15, -0.1) is 0 Å². The molecule has 1 aliphatic rings. The molecule has 11 heteroatoms. The van der Waals surface area contributed by atoms with Gasteiger partial charge in [0.25, 0.3) is 10.0 Å². The topological polar surface area (TPSA) is 135 Å². The quantitative estimate of drug-likeness (QED) is 0.531. The van der Waals surface area contributed by atoms with Crippen LogP contribution in [-0.4, -0.2) is 53.2 Å². The van der Waals surface area contributed by atoms with Crippen LogP contribution in [0.5, 0.6) is 0 Å². The van der Waals surface area contributed by atoms with Gasteiger partial charge in [0.15, 0.2) is 5.78 Å². The van der Waals surface area contributed by atoms with Crippen LogP contribution >= 0.6 is 0 Å². The molecule has 2 aromatic rings. The van der Waals surface area contributed by atoms with E-state index in [9.17, 15) is 22.4 Å². The Hall–Kier alpha value is -2.92. The van der Waals surface area contributed by atoms with Crippen LogP contribution in [0.15, 0.2) is 30.5 Å². The number of hydrogen-bond donors (Lipinski definition) is 2. The van der Waals surface area contributed by atoms with Crippen LogP contribution in [-0.2, 0) is 14.8 Å². The van der Waals surface area contributed by atoms with Crippen molar-refractivity contribution in [1.29, 1.82) is 0 Å². The number of hydrogen-bond acceptors (Lipinski definition) is 8. The molecular formula is C17H18FN5O4S. The number of anilines is 2. The van der Waals surface area contributed by atoms with Crippen molar-refractivity contribution in [3.63, 3.8) is 0 Å². The summed E-state index contributed by atoms with van der Waals surface area (Å²) >= 11 is 0. The van der Waals surface area contributed by atoms with E-state index in [0.29, 0.717) is 12.8 Å². The summed E-state index contributed by atoms with van der Waals surface area (Å²) in [5, 5.41) is 3.05. The second kappa shape index (κ2) is 7.98. The van der Waals surface area contributed by atoms with Crippen LogP contribution in [0, 0.1) is 5.82 Å². The minimum Gasteiger partial charge on any atom is -0.383 e. The zero-order valence-electron chi connectivity index (χ0n) is 14.7. The van der Waals surface area contributed by atoms with Crippen molar-refractivity contribution in [3.05, 3.63) is 47.4 Å². The number of carbonyl (C=O) groups excluding carboxylic acids is 2. The number of nitrogen functional groups attached to an aromatic ring is 1. The second-order valence-electron chi connectivity index (χ2n) is 6.29. The molecule has 0 amide bonds. The molecule has 0 atom stereocenters. The van der Waals surface area contributed by atoms with Gasteiger partial charge in [-0.05, 0) is 37.1 Å². The van der Waals surface area contributed by atoms with Gasteiger partial charge in [-0.3, -0.25) is 9.59 Å². The lowest BCUT2D eigenvalue weighted by atomic mass is 10.1. The van der Waals surface area contributed by atoms with Crippen molar-refractivity contribution in [2.45, 2.75) is 18.9 Å². The number of nitrogens with two attached hydrogens (primary N) is 1. The average molecular weight is 407 g/mol. The van der Waals surface area contributed by atoms with Gasteiger partial charge in [-0.1, -0.05) is 0 Å². The molecule has 1 saturated heterocycles. The maximum Gasteiger partial charge on any atom is 0.273 e. The van der Waals surface area contributed by atoms with Gasteiger partial charge in [0, 0.05) is 30.9 Å². The van der Waals surface area contributed by atoms with E-state index in [2.05, 4.69) is 15.3 Å². The number of nitrogens with zero attached hydrogens (tertiary/aromatic N) is 3. The lowest BCUT2D eigenvalue weighted by Gasteiger charge is -2.30. The molecule has 0 aliphatic carbocycles. The molecule has 0 bridgehead atoms. The van der Waals surface area contributed by atoms with Gasteiger partial charge in [0.1, 0.15) is 11.6 Å². The lowest BCUT2D eigenvalue weighted by Crippen LogP contribution is -2.42. The van der Waals surface area contributed by atoms with E-state index in [1.54, 1.807) is 0 Å². The molecule has 1 aliphatic heterocycles. The fourth-order valence-electron chi connectivity index (χ4n) is 2.89. The van der Waals surface area contributed by atoms with Crippen molar-refractivity contribution in [2.75, 3.05) is 24.1 Å². The first kappa shape index (κ1) is 19.8. The second-order valence-corrected chi connectivity index (χ2v) is 8.03. The average Bonchev–Trinajstić information content (AvgIpc) is 2.68. The summed E-state index contributed by atoms with van der Waals surface area (Å²) in [7, 11) is -3.86. The molecule has 1 fully saturated rings. The lowest BCUT2D eigenvalue weighted by molar-refractivity contribution is 0.103. The summed E-state index contributed by atoms with van der Waals surface area (Å²) in [5.74, 6) is -0.679. The summed E-state index contributed by atoms with van der Waals surface area (Å²) in [6, 6.07) is 4.96. The Labute approximate surface area is 160 Å². The molecule has 9 nitrogen and oxygen atoms in total. The summed E-state index contributed by atoms with van der Waals surface area (Å²) in [6.45, 7) is 0.407. The van der Waals surface area contributed by atoms with E-state index < -0.39 is 21.6 Å². The number of aromatic nitrogens is 2. The van der Waals surface area contributed by atoms with Crippen LogP contribution in [0.2, 0.25) is 0 Å². The van der Waals surface area contributed by atoms with E-state index in [0.717, 1.165) is 4.31 Å². The highest BCUT2D eigenvalue weighted by Gasteiger charge is 2.28. The number of rotatable bonds is 6. The van der Waals surface area contributed by atoms with Crippen LogP contribution in [0.3, 0.4) is 0 Å². The molecule has 0 saturated carbocycles. The number of ketones is 1. The normalized spacial score (nSPS) is 15.9. The van der Waals surface area contributed by atoms with Crippen molar-refractivity contribution in [1.82, 2.24) is 14.3 Å². The molecule has 0 spiro atoms. The molecule has 3 N–H and O–H groups in total. The van der Waals surface area contributed by atoms with Crippen molar-refractivity contribution in [2.24, 2.45) is 0 Å². The highest BCUT2D eigenvalue weighted by Crippen LogP contribution is 2.19. The summed E-state index contributed by atoms with van der Waals surface area (Å²) in [4.78, 5) is 31.2. The molecule has 1 aromatic heterocycles. The first-order valence-corrected chi connectivity index (χ1v) is 9.95. The molecule has 3 rings (SSSR count). The summed E-state index contributed by atoms with van der Waals surface area (Å²) in [5.41, 5.74) is 6.19.